The van der Waals surface area contributed by atoms with E-state index < -0.39 is 5.97 Å². The molecular weight excluding hydrogens is 633 g/mol. The SMILES string of the molecule is CCCCCCCCCCCCCCCCOc1ccc(/C=C/C(=O)c2cccc(OC(=O)/C=C/c3ccc(OCCCCCC)cc3)c2)cc1. The molecule has 0 amide bonds. The molecule has 0 saturated heterocycles. The lowest BCUT2D eigenvalue weighted by Crippen LogP contribution is -2.04. The van der Waals surface area contributed by atoms with Gasteiger partial charge >= 0.3 is 5.97 Å². The molecule has 3 aromatic carbocycles. The van der Waals surface area contributed by atoms with E-state index in [0.29, 0.717) is 17.9 Å². The van der Waals surface area contributed by atoms with Crippen LogP contribution in [0.3, 0.4) is 0 Å². The quantitative estimate of drug-likeness (QED) is 0.0249. The van der Waals surface area contributed by atoms with E-state index in [1.807, 2.05) is 48.5 Å². The zero-order valence-corrected chi connectivity index (χ0v) is 31.4. The number of hydrogen-bond acceptors (Lipinski definition) is 5. The van der Waals surface area contributed by atoms with E-state index in [-0.39, 0.29) is 5.78 Å². The van der Waals surface area contributed by atoms with Crippen molar-refractivity contribution in [3.05, 3.63) is 102 Å². The highest BCUT2D eigenvalue weighted by atomic mass is 16.5. The van der Waals surface area contributed by atoms with Gasteiger partial charge in [0.1, 0.15) is 17.2 Å². The second kappa shape index (κ2) is 26.7. The van der Waals surface area contributed by atoms with Crippen molar-refractivity contribution in [2.45, 2.75) is 129 Å². The minimum atomic E-state index is -0.516. The van der Waals surface area contributed by atoms with Crippen LogP contribution in [0.4, 0.5) is 0 Å². The van der Waals surface area contributed by atoms with Crippen LogP contribution in [-0.2, 0) is 4.79 Å². The van der Waals surface area contributed by atoms with Crippen LogP contribution in [-0.4, -0.2) is 25.0 Å². The number of ether oxygens (including phenoxy) is 3. The molecule has 0 aliphatic carbocycles. The number of esters is 1. The first kappa shape index (κ1) is 41.3. The van der Waals surface area contributed by atoms with Gasteiger partial charge in [-0.3, -0.25) is 4.79 Å². The van der Waals surface area contributed by atoms with E-state index in [4.69, 9.17) is 14.2 Å². The predicted molar refractivity (Wildman–Crippen MR) is 213 cm³/mol. The van der Waals surface area contributed by atoms with Crippen LogP contribution in [0.25, 0.3) is 12.2 Å². The van der Waals surface area contributed by atoms with Gasteiger partial charge in [0.05, 0.1) is 13.2 Å². The number of ketones is 1. The van der Waals surface area contributed by atoms with Gasteiger partial charge in [0.15, 0.2) is 5.78 Å². The van der Waals surface area contributed by atoms with Gasteiger partial charge in [-0.25, -0.2) is 4.79 Å². The summed E-state index contributed by atoms with van der Waals surface area (Å²) in [4.78, 5) is 25.3. The summed E-state index contributed by atoms with van der Waals surface area (Å²) in [5.74, 6) is 1.29. The molecule has 5 heteroatoms. The first-order chi connectivity index (χ1) is 25.1. The average Bonchev–Trinajstić information content (AvgIpc) is 3.15. The lowest BCUT2D eigenvalue weighted by molar-refractivity contribution is -0.128. The average molecular weight is 695 g/mol. The molecule has 5 nitrogen and oxygen atoms in total. The largest absolute Gasteiger partial charge is 0.494 e. The summed E-state index contributed by atoms with van der Waals surface area (Å²) in [7, 11) is 0. The Labute approximate surface area is 308 Å². The third-order valence-corrected chi connectivity index (χ3v) is 8.97. The molecule has 3 aromatic rings. The molecule has 0 aliphatic heterocycles. The van der Waals surface area contributed by atoms with E-state index in [0.717, 1.165) is 42.1 Å². The van der Waals surface area contributed by atoms with Crippen molar-refractivity contribution in [3.63, 3.8) is 0 Å². The molecule has 0 unspecified atom stereocenters. The molecule has 0 atom stereocenters. The van der Waals surface area contributed by atoms with E-state index in [1.54, 1.807) is 36.4 Å². The van der Waals surface area contributed by atoms with E-state index in [2.05, 4.69) is 13.8 Å². The molecule has 0 N–H and O–H groups in total. The van der Waals surface area contributed by atoms with Gasteiger partial charge in [-0.1, -0.05) is 159 Å². The van der Waals surface area contributed by atoms with Crippen molar-refractivity contribution in [1.29, 1.82) is 0 Å². The van der Waals surface area contributed by atoms with Crippen LogP contribution in [0.5, 0.6) is 17.2 Å². The topological polar surface area (TPSA) is 61.8 Å². The maximum atomic E-state index is 12.9. The van der Waals surface area contributed by atoms with Crippen molar-refractivity contribution in [2.75, 3.05) is 13.2 Å². The Bertz CT molecular complexity index is 1420. The van der Waals surface area contributed by atoms with E-state index in [1.165, 1.54) is 115 Å². The van der Waals surface area contributed by atoms with Gasteiger partial charge < -0.3 is 14.2 Å². The summed E-state index contributed by atoms with van der Waals surface area (Å²) in [5.41, 5.74) is 2.22. The summed E-state index contributed by atoms with van der Waals surface area (Å²) in [6.07, 6.45) is 29.9. The Morgan fingerprint density at radius 3 is 1.41 bits per heavy atom. The van der Waals surface area contributed by atoms with Gasteiger partial charge in [-0.05, 0) is 72.5 Å². The standard InChI is InChI=1S/C46H62O5/c1-3-5-7-9-10-11-12-13-14-15-16-17-18-20-37-50-42-30-24-39(25-31-42)28-34-45(47)41-22-21-23-44(38-41)51-46(48)35-29-40-26-32-43(33-27-40)49-36-19-8-6-4-2/h21-35,38H,3-20,36-37H2,1-2H3/b34-28+,35-29+. The van der Waals surface area contributed by atoms with Crippen molar-refractivity contribution in [3.8, 4) is 17.2 Å². The minimum absolute atomic E-state index is 0.172. The summed E-state index contributed by atoms with van der Waals surface area (Å²) >= 11 is 0. The molecule has 3 rings (SSSR count). The number of carbonyl (C=O) groups is 2. The predicted octanol–water partition coefficient (Wildman–Crippen LogP) is 13.0. The molecule has 51 heavy (non-hydrogen) atoms. The molecule has 0 aromatic heterocycles. The van der Waals surface area contributed by atoms with Crippen molar-refractivity contribution in [2.24, 2.45) is 0 Å². The van der Waals surface area contributed by atoms with Crippen molar-refractivity contribution in [1.82, 2.24) is 0 Å². The van der Waals surface area contributed by atoms with Gasteiger partial charge in [0.25, 0.3) is 0 Å². The van der Waals surface area contributed by atoms with Crippen LogP contribution in [0, 0.1) is 0 Å². The first-order valence-corrected chi connectivity index (χ1v) is 19.8. The molecule has 0 fully saturated rings. The van der Waals surface area contributed by atoms with Crippen LogP contribution in [0.1, 0.15) is 151 Å². The monoisotopic (exact) mass is 694 g/mol. The Morgan fingerprint density at radius 1 is 0.490 bits per heavy atom. The Hall–Kier alpha value is -4.12. The summed E-state index contributed by atoms with van der Waals surface area (Å²) in [6.45, 7) is 5.90. The molecule has 0 radical (unpaired) electrons. The Balaban J connectivity index is 1.29. The molecular formula is C46H62O5. The summed E-state index contributed by atoms with van der Waals surface area (Å²) in [5, 5.41) is 0. The molecule has 0 heterocycles. The molecule has 0 saturated carbocycles. The highest BCUT2D eigenvalue weighted by molar-refractivity contribution is 6.07. The van der Waals surface area contributed by atoms with Crippen LogP contribution < -0.4 is 14.2 Å². The van der Waals surface area contributed by atoms with Crippen molar-refractivity contribution < 1.29 is 23.8 Å². The first-order valence-electron chi connectivity index (χ1n) is 19.8. The number of allylic oxidation sites excluding steroid dienone is 1. The lowest BCUT2D eigenvalue weighted by atomic mass is 10.0. The summed E-state index contributed by atoms with van der Waals surface area (Å²) < 4.78 is 17.2. The third-order valence-electron chi connectivity index (χ3n) is 8.97. The fourth-order valence-corrected chi connectivity index (χ4v) is 5.85. The van der Waals surface area contributed by atoms with E-state index in [9.17, 15) is 9.59 Å². The molecule has 276 valence electrons. The number of hydrogen-bond donors (Lipinski definition) is 0. The zero-order chi connectivity index (χ0) is 36.2. The van der Waals surface area contributed by atoms with Crippen molar-refractivity contribution >= 4 is 23.9 Å². The van der Waals surface area contributed by atoms with Crippen LogP contribution >= 0.6 is 0 Å². The minimum Gasteiger partial charge on any atom is -0.494 e. The maximum Gasteiger partial charge on any atom is 0.336 e. The van der Waals surface area contributed by atoms with Crippen LogP contribution in [0.2, 0.25) is 0 Å². The zero-order valence-electron chi connectivity index (χ0n) is 31.4. The number of carbonyl (C=O) groups excluding carboxylic acids is 2. The molecule has 0 bridgehead atoms. The highest BCUT2D eigenvalue weighted by Crippen LogP contribution is 2.19. The highest BCUT2D eigenvalue weighted by Gasteiger charge is 2.07. The third kappa shape index (κ3) is 19.2. The van der Waals surface area contributed by atoms with Gasteiger partial charge in [0.2, 0.25) is 0 Å². The molecule has 0 spiro atoms. The summed E-state index contributed by atoms with van der Waals surface area (Å²) in [6, 6.07) is 22.1. The Morgan fingerprint density at radius 2 is 0.922 bits per heavy atom. The Kier molecular flexibility index (Phi) is 21.6. The smallest absolute Gasteiger partial charge is 0.336 e. The fourth-order valence-electron chi connectivity index (χ4n) is 5.85. The maximum absolute atomic E-state index is 12.9. The van der Waals surface area contributed by atoms with Gasteiger partial charge in [0, 0.05) is 11.6 Å². The number of unbranched alkanes of at least 4 members (excludes halogenated alkanes) is 16. The number of rotatable bonds is 28. The second-order valence-electron chi connectivity index (χ2n) is 13.5. The van der Waals surface area contributed by atoms with Gasteiger partial charge in [-0.2, -0.15) is 0 Å². The van der Waals surface area contributed by atoms with Crippen LogP contribution in [0.15, 0.2) is 84.9 Å². The normalized spacial score (nSPS) is 11.3. The fraction of sp³-hybridized carbons (Fsp3) is 0.478. The van der Waals surface area contributed by atoms with E-state index >= 15 is 0 Å². The number of benzene rings is 3. The molecule has 0 aliphatic rings. The second-order valence-corrected chi connectivity index (χ2v) is 13.5. The van der Waals surface area contributed by atoms with Gasteiger partial charge in [-0.15, -0.1) is 0 Å². The lowest BCUT2D eigenvalue weighted by Gasteiger charge is -2.07.